The van der Waals surface area contributed by atoms with E-state index in [4.69, 9.17) is 11.6 Å². The number of carbonyl (C=O) groups is 3. The number of halogens is 4. The number of hydrogen-bond acceptors (Lipinski definition) is 7. The van der Waals surface area contributed by atoms with Crippen LogP contribution in [0.2, 0.25) is 5.02 Å². The van der Waals surface area contributed by atoms with Crippen LogP contribution < -0.4 is 10.6 Å². The summed E-state index contributed by atoms with van der Waals surface area (Å²) in [7, 11) is 0. The number of imidazole rings is 1. The fraction of sp³-hybridized carbons (Fsp3) is 0.355. The Bertz CT molecular complexity index is 1760. The smallest absolute Gasteiger partial charge is 0.345 e. The first-order chi connectivity index (χ1) is 22.6. The van der Waals surface area contributed by atoms with Gasteiger partial charge in [0.15, 0.2) is 5.82 Å². The lowest BCUT2D eigenvalue weighted by atomic mass is 9.96. The molecular weight excluding hydrogens is 639 g/mol. The van der Waals surface area contributed by atoms with Gasteiger partial charge < -0.3 is 25.4 Å². The maximum Gasteiger partial charge on any atom is 0.433 e. The number of nitrogens with zero attached hydrogens (tertiary/aromatic N) is 5. The summed E-state index contributed by atoms with van der Waals surface area (Å²) in [6.45, 7) is 3.43. The van der Waals surface area contributed by atoms with Crippen LogP contribution in [0.4, 0.5) is 13.2 Å². The van der Waals surface area contributed by atoms with E-state index in [1.165, 1.54) is 12.3 Å². The van der Waals surface area contributed by atoms with Crippen LogP contribution in [0.3, 0.4) is 0 Å². The Morgan fingerprint density at radius 2 is 1.74 bits per heavy atom. The van der Waals surface area contributed by atoms with Crippen molar-refractivity contribution in [2.24, 2.45) is 5.92 Å². The van der Waals surface area contributed by atoms with E-state index in [1.807, 2.05) is 10.00 Å². The van der Waals surface area contributed by atoms with Crippen molar-refractivity contribution in [1.82, 2.24) is 45.6 Å². The summed E-state index contributed by atoms with van der Waals surface area (Å²) < 4.78 is 41.4. The lowest BCUT2D eigenvalue weighted by Gasteiger charge is -2.37. The number of H-pyrrole nitrogens is 2. The first kappa shape index (κ1) is 32.2. The van der Waals surface area contributed by atoms with Gasteiger partial charge in [-0.2, -0.15) is 18.3 Å². The highest BCUT2D eigenvalue weighted by atomic mass is 35.5. The molecule has 0 aliphatic carbocycles. The average molecular weight is 670 g/mol. The highest BCUT2D eigenvalue weighted by Crippen LogP contribution is 2.40. The fourth-order valence-corrected chi connectivity index (χ4v) is 6.08. The van der Waals surface area contributed by atoms with Crippen LogP contribution >= 0.6 is 11.6 Å². The minimum Gasteiger partial charge on any atom is -0.345 e. The lowest BCUT2D eigenvalue weighted by Crippen LogP contribution is -2.52. The topological polar surface area (TPSA) is 152 Å². The number of piperazine rings is 1. The number of aromatic amines is 2. The Labute approximate surface area is 272 Å². The number of alkyl halides is 3. The van der Waals surface area contributed by atoms with Crippen LogP contribution in [0.25, 0.3) is 22.6 Å². The van der Waals surface area contributed by atoms with Gasteiger partial charge in [0.2, 0.25) is 5.91 Å². The fourth-order valence-electron chi connectivity index (χ4n) is 5.80. The van der Waals surface area contributed by atoms with Crippen molar-refractivity contribution in [2.75, 3.05) is 39.3 Å². The normalized spacial score (nSPS) is 15.9. The van der Waals surface area contributed by atoms with E-state index in [0.29, 0.717) is 37.3 Å². The molecule has 5 heterocycles. The molecule has 16 heteroatoms. The maximum atomic E-state index is 13.8. The molecule has 2 saturated heterocycles. The number of hydrogen-bond donors (Lipinski definition) is 4. The van der Waals surface area contributed by atoms with Crippen LogP contribution in [0.15, 0.2) is 48.8 Å². The van der Waals surface area contributed by atoms with Crippen molar-refractivity contribution in [3.8, 4) is 22.6 Å². The van der Waals surface area contributed by atoms with Crippen molar-refractivity contribution in [1.29, 1.82) is 0 Å². The second-order valence-electron chi connectivity index (χ2n) is 11.3. The number of benzene rings is 1. The molecule has 1 aromatic carbocycles. The summed E-state index contributed by atoms with van der Waals surface area (Å²) in [6, 6.07) is 9.58. The van der Waals surface area contributed by atoms with Gasteiger partial charge in [-0.15, -0.1) is 0 Å². The van der Waals surface area contributed by atoms with Crippen molar-refractivity contribution < 1.29 is 27.6 Å². The second-order valence-corrected chi connectivity index (χ2v) is 11.7. The first-order valence-corrected chi connectivity index (χ1v) is 15.5. The molecule has 0 saturated carbocycles. The van der Waals surface area contributed by atoms with Crippen LogP contribution in [-0.4, -0.2) is 91.9 Å². The van der Waals surface area contributed by atoms with Crippen LogP contribution in [0.1, 0.15) is 45.1 Å². The zero-order valence-electron chi connectivity index (χ0n) is 25.0. The van der Waals surface area contributed by atoms with Gasteiger partial charge in [-0.1, -0.05) is 23.7 Å². The number of piperidine rings is 1. The van der Waals surface area contributed by atoms with Gasteiger partial charge in [0.1, 0.15) is 11.4 Å². The van der Waals surface area contributed by atoms with E-state index < -0.39 is 17.8 Å². The third kappa shape index (κ3) is 7.00. The van der Waals surface area contributed by atoms with Crippen LogP contribution in [0, 0.1) is 5.92 Å². The summed E-state index contributed by atoms with van der Waals surface area (Å²) in [6.07, 6.45) is -0.546. The van der Waals surface area contributed by atoms with Crippen LogP contribution in [-0.2, 0) is 17.5 Å². The highest BCUT2D eigenvalue weighted by molar-refractivity contribution is 6.33. The standard InChI is InChI=1S/C31H31ClF3N9O3/c32-21-15-18(4-5-20(21)30(47)44-13-11-43(12-14-44)29(46)19-6-9-36-10-7-19)16-39-28(45)27-38-17-23(40-27)24-25(22-3-1-2-8-37-22)41-42-26(24)31(33,34)35/h1-5,8,15,17,19,36H,6-7,9-14,16H2,(H,38,40)(H,39,45)(H,41,42). The third-order valence-corrected chi connectivity index (χ3v) is 8.61. The van der Waals surface area contributed by atoms with Gasteiger partial charge in [0.05, 0.1) is 33.7 Å². The van der Waals surface area contributed by atoms with Crippen molar-refractivity contribution in [2.45, 2.75) is 25.6 Å². The Morgan fingerprint density at radius 1 is 1.00 bits per heavy atom. The zero-order valence-corrected chi connectivity index (χ0v) is 25.8. The Hall–Kier alpha value is -4.76. The highest BCUT2D eigenvalue weighted by Gasteiger charge is 2.39. The summed E-state index contributed by atoms with van der Waals surface area (Å²) in [4.78, 5) is 53.2. The minimum absolute atomic E-state index is 0.0131. The molecule has 246 valence electrons. The largest absolute Gasteiger partial charge is 0.433 e. The molecule has 3 aromatic heterocycles. The number of pyridine rings is 1. The number of rotatable bonds is 7. The molecule has 6 rings (SSSR count). The predicted molar refractivity (Wildman–Crippen MR) is 165 cm³/mol. The number of carbonyl (C=O) groups excluding carboxylic acids is 3. The molecule has 2 fully saturated rings. The molecule has 2 aliphatic heterocycles. The summed E-state index contributed by atoms with van der Waals surface area (Å²) >= 11 is 6.48. The quantitative estimate of drug-likeness (QED) is 0.234. The molecule has 4 N–H and O–H groups in total. The van der Waals surface area contributed by atoms with Crippen molar-refractivity contribution in [3.63, 3.8) is 0 Å². The molecule has 12 nitrogen and oxygen atoms in total. The van der Waals surface area contributed by atoms with Gasteiger partial charge in [-0.3, -0.25) is 24.5 Å². The second kappa shape index (κ2) is 13.5. The Balaban J connectivity index is 1.08. The SMILES string of the molecule is O=C(NCc1ccc(C(=O)N2CCN(C(=O)C3CCNCC3)CC2)c(Cl)c1)c1ncc(-c2c(-c3ccccn3)n[nH]c2C(F)(F)F)[nH]1. The van der Waals surface area contributed by atoms with E-state index in [-0.39, 0.29) is 57.8 Å². The van der Waals surface area contributed by atoms with Crippen molar-refractivity contribution in [3.05, 3.63) is 76.5 Å². The predicted octanol–water partition coefficient (Wildman–Crippen LogP) is 3.75. The summed E-state index contributed by atoms with van der Waals surface area (Å²) in [5.41, 5.74) is -0.436. The van der Waals surface area contributed by atoms with Crippen molar-refractivity contribution >= 4 is 29.3 Å². The third-order valence-electron chi connectivity index (χ3n) is 8.30. The molecule has 0 unspecified atom stereocenters. The van der Waals surface area contributed by atoms with E-state index in [2.05, 4.69) is 30.7 Å². The van der Waals surface area contributed by atoms with Gasteiger partial charge in [0, 0.05) is 44.8 Å². The Morgan fingerprint density at radius 3 is 2.43 bits per heavy atom. The summed E-state index contributed by atoms with van der Waals surface area (Å²) in [5, 5.41) is 12.0. The Kier molecular flexibility index (Phi) is 9.27. The number of nitrogens with one attached hydrogen (secondary N) is 4. The number of aromatic nitrogens is 5. The molecule has 4 aromatic rings. The number of amides is 3. The summed E-state index contributed by atoms with van der Waals surface area (Å²) in [5.74, 6) is -0.946. The molecule has 0 spiro atoms. The molecule has 47 heavy (non-hydrogen) atoms. The van der Waals surface area contributed by atoms with Gasteiger partial charge in [0.25, 0.3) is 11.8 Å². The van der Waals surface area contributed by atoms with Crippen LogP contribution in [0.5, 0.6) is 0 Å². The molecule has 2 aliphatic rings. The molecule has 0 bridgehead atoms. The zero-order chi connectivity index (χ0) is 33.1. The van der Waals surface area contributed by atoms with E-state index >= 15 is 0 Å². The molecular formula is C31H31ClF3N9O3. The van der Waals surface area contributed by atoms with Gasteiger partial charge >= 0.3 is 6.18 Å². The van der Waals surface area contributed by atoms with Gasteiger partial charge in [-0.05, 0) is 55.8 Å². The minimum atomic E-state index is -4.75. The van der Waals surface area contributed by atoms with E-state index in [1.54, 1.807) is 35.2 Å². The van der Waals surface area contributed by atoms with Gasteiger partial charge in [-0.25, -0.2) is 4.98 Å². The maximum absolute atomic E-state index is 13.8. The monoisotopic (exact) mass is 669 g/mol. The van der Waals surface area contributed by atoms with E-state index in [9.17, 15) is 27.6 Å². The van der Waals surface area contributed by atoms with E-state index in [0.717, 1.165) is 32.1 Å². The average Bonchev–Trinajstić information content (AvgIpc) is 3.76. The molecule has 0 atom stereocenters. The lowest BCUT2D eigenvalue weighted by molar-refractivity contribution is -0.140. The first-order valence-electron chi connectivity index (χ1n) is 15.1. The molecule has 0 radical (unpaired) electrons. The molecule has 3 amide bonds.